The lowest BCUT2D eigenvalue weighted by molar-refractivity contribution is -0.139. The molecule has 0 aliphatic heterocycles. The number of benzene rings is 1. The second-order valence-electron chi connectivity index (χ2n) is 6.36. The molecule has 1 heterocycles. The van der Waals surface area contributed by atoms with E-state index in [0.717, 1.165) is 28.6 Å². The maximum atomic E-state index is 12.4. The molecule has 0 N–H and O–H groups in total. The smallest absolute Gasteiger partial charge is 0.418 e. The molecule has 1 aliphatic rings. The van der Waals surface area contributed by atoms with Crippen LogP contribution in [0.1, 0.15) is 36.9 Å². The summed E-state index contributed by atoms with van der Waals surface area (Å²) >= 11 is 0. The van der Waals surface area contributed by atoms with Crippen LogP contribution in [-0.4, -0.2) is 30.8 Å². The Kier molecular flexibility index (Phi) is 4.88. The van der Waals surface area contributed by atoms with E-state index < -0.39 is 6.09 Å². The number of carbonyl (C=O) groups is 2. The number of hydrogen-bond donors (Lipinski definition) is 0. The van der Waals surface area contributed by atoms with Crippen molar-refractivity contribution in [1.29, 1.82) is 0 Å². The Morgan fingerprint density at radius 3 is 2.50 bits per heavy atom. The number of methoxy groups -OCH3 is 2. The number of rotatable bonds is 4. The molecule has 1 aromatic carbocycles. The largest absolute Gasteiger partial charge is 0.469 e. The summed E-state index contributed by atoms with van der Waals surface area (Å²) in [4.78, 5) is 24.3. The molecule has 1 aromatic heterocycles. The Balaban J connectivity index is 2.16. The van der Waals surface area contributed by atoms with Crippen molar-refractivity contribution < 1.29 is 19.1 Å². The van der Waals surface area contributed by atoms with Gasteiger partial charge in [-0.2, -0.15) is 0 Å². The zero-order chi connectivity index (χ0) is 17.1. The fourth-order valence-electron chi connectivity index (χ4n) is 3.78. The number of aromatic nitrogens is 1. The van der Waals surface area contributed by atoms with Gasteiger partial charge in [0.1, 0.15) is 0 Å². The highest BCUT2D eigenvalue weighted by Crippen LogP contribution is 2.34. The summed E-state index contributed by atoms with van der Waals surface area (Å²) in [6, 6.07) is 7.66. The first-order chi connectivity index (χ1) is 11.7. The lowest BCUT2D eigenvalue weighted by Crippen LogP contribution is -2.18. The van der Waals surface area contributed by atoms with Gasteiger partial charge >= 0.3 is 12.1 Å². The standard InChI is InChI=1S/C19H23NO4/c1-23-18(21)12-15-14-9-5-6-10-16(14)20(19(22)24-2)17(15)11-13-7-3-4-8-13/h5-6,9-10,13H,3-4,7-8,11-12H2,1-2H3. The van der Waals surface area contributed by atoms with Crippen molar-refractivity contribution in [2.75, 3.05) is 14.2 Å². The quantitative estimate of drug-likeness (QED) is 0.803. The predicted octanol–water partition coefficient (Wildman–Crippen LogP) is 3.70. The molecule has 5 heteroatoms. The molecule has 0 saturated heterocycles. The molecule has 0 atom stereocenters. The monoisotopic (exact) mass is 329 g/mol. The van der Waals surface area contributed by atoms with Crippen LogP contribution in [0.3, 0.4) is 0 Å². The van der Waals surface area contributed by atoms with Crippen molar-refractivity contribution in [3.63, 3.8) is 0 Å². The molecule has 0 bridgehead atoms. The van der Waals surface area contributed by atoms with E-state index in [4.69, 9.17) is 9.47 Å². The molecule has 2 aromatic rings. The van der Waals surface area contributed by atoms with Crippen LogP contribution in [0.15, 0.2) is 24.3 Å². The minimum absolute atomic E-state index is 0.170. The van der Waals surface area contributed by atoms with Crippen LogP contribution >= 0.6 is 0 Å². The topological polar surface area (TPSA) is 57.5 Å². The second-order valence-corrected chi connectivity index (χ2v) is 6.36. The van der Waals surface area contributed by atoms with E-state index in [1.807, 2.05) is 24.3 Å². The van der Waals surface area contributed by atoms with Gasteiger partial charge in [-0.05, 0) is 24.0 Å². The van der Waals surface area contributed by atoms with E-state index in [1.165, 1.54) is 39.9 Å². The minimum atomic E-state index is -0.407. The SMILES string of the molecule is COC(=O)Cc1c(CC2CCCC2)n(C(=O)OC)c2ccccc12. The average Bonchev–Trinajstić information content (AvgIpc) is 3.21. The molecule has 5 nitrogen and oxygen atoms in total. The van der Waals surface area contributed by atoms with Gasteiger partial charge in [-0.15, -0.1) is 0 Å². The van der Waals surface area contributed by atoms with E-state index in [-0.39, 0.29) is 12.4 Å². The molecule has 1 aliphatic carbocycles. The summed E-state index contributed by atoms with van der Waals surface area (Å²) in [5.41, 5.74) is 2.56. The third-order valence-electron chi connectivity index (χ3n) is 4.95. The Morgan fingerprint density at radius 2 is 1.83 bits per heavy atom. The summed E-state index contributed by atoms with van der Waals surface area (Å²) in [6.07, 6.45) is 5.35. The Labute approximate surface area is 141 Å². The third-order valence-corrected chi connectivity index (χ3v) is 4.95. The molecular weight excluding hydrogens is 306 g/mol. The number of nitrogens with zero attached hydrogens (tertiary/aromatic N) is 1. The van der Waals surface area contributed by atoms with Crippen LogP contribution in [0.4, 0.5) is 4.79 Å². The van der Waals surface area contributed by atoms with Gasteiger partial charge < -0.3 is 9.47 Å². The number of hydrogen-bond acceptors (Lipinski definition) is 4. The maximum Gasteiger partial charge on any atom is 0.418 e. The summed E-state index contributed by atoms with van der Waals surface area (Å²) in [5.74, 6) is 0.254. The van der Waals surface area contributed by atoms with Crippen LogP contribution in [0.5, 0.6) is 0 Å². The molecule has 0 unspecified atom stereocenters. The highest BCUT2D eigenvalue weighted by Gasteiger charge is 2.26. The highest BCUT2D eigenvalue weighted by molar-refractivity contribution is 5.95. The first kappa shape index (κ1) is 16.6. The van der Waals surface area contributed by atoms with E-state index in [1.54, 1.807) is 4.57 Å². The van der Waals surface area contributed by atoms with Crippen LogP contribution in [0.2, 0.25) is 0 Å². The van der Waals surface area contributed by atoms with Gasteiger partial charge in [-0.1, -0.05) is 43.9 Å². The Hall–Kier alpha value is -2.30. The van der Waals surface area contributed by atoms with Gasteiger partial charge in [0.2, 0.25) is 0 Å². The lowest BCUT2D eigenvalue weighted by Gasteiger charge is -2.14. The number of fused-ring (bicyclic) bond motifs is 1. The molecule has 1 saturated carbocycles. The van der Waals surface area contributed by atoms with Gasteiger partial charge in [0.05, 0.1) is 26.2 Å². The van der Waals surface area contributed by atoms with Crippen molar-refractivity contribution in [3.05, 3.63) is 35.5 Å². The van der Waals surface area contributed by atoms with E-state index in [9.17, 15) is 9.59 Å². The molecule has 3 rings (SSSR count). The van der Waals surface area contributed by atoms with Gasteiger partial charge in [0.15, 0.2) is 0 Å². The van der Waals surface area contributed by atoms with Crippen molar-refractivity contribution in [1.82, 2.24) is 4.57 Å². The van der Waals surface area contributed by atoms with Crippen molar-refractivity contribution in [2.24, 2.45) is 5.92 Å². The van der Waals surface area contributed by atoms with Crippen LogP contribution in [0, 0.1) is 5.92 Å². The van der Waals surface area contributed by atoms with Gasteiger partial charge in [0.25, 0.3) is 0 Å². The summed E-state index contributed by atoms with van der Waals surface area (Å²) in [7, 11) is 2.77. The van der Waals surface area contributed by atoms with Crippen LogP contribution in [0.25, 0.3) is 10.9 Å². The highest BCUT2D eigenvalue weighted by atomic mass is 16.5. The number of ether oxygens (including phenoxy) is 2. The first-order valence-corrected chi connectivity index (χ1v) is 8.42. The molecule has 0 radical (unpaired) electrons. The second kappa shape index (κ2) is 7.07. The van der Waals surface area contributed by atoms with E-state index in [0.29, 0.717) is 5.92 Å². The normalized spacial score (nSPS) is 14.9. The molecule has 0 spiro atoms. The van der Waals surface area contributed by atoms with Gasteiger partial charge in [-0.25, -0.2) is 9.36 Å². The Bertz CT molecular complexity index is 756. The first-order valence-electron chi connectivity index (χ1n) is 8.42. The number of para-hydroxylation sites is 1. The van der Waals surface area contributed by atoms with Crippen molar-refractivity contribution in [3.8, 4) is 0 Å². The Morgan fingerprint density at radius 1 is 1.12 bits per heavy atom. The summed E-state index contributed by atoms with van der Waals surface area (Å²) in [5, 5.41) is 0.918. The van der Waals surface area contributed by atoms with E-state index in [2.05, 4.69) is 0 Å². The zero-order valence-electron chi connectivity index (χ0n) is 14.2. The third kappa shape index (κ3) is 3.03. The van der Waals surface area contributed by atoms with Crippen molar-refractivity contribution in [2.45, 2.75) is 38.5 Å². The van der Waals surface area contributed by atoms with Crippen molar-refractivity contribution >= 4 is 23.0 Å². The molecular formula is C19H23NO4. The van der Waals surface area contributed by atoms with Gasteiger partial charge in [-0.3, -0.25) is 4.79 Å². The average molecular weight is 329 g/mol. The van der Waals surface area contributed by atoms with Crippen LogP contribution in [-0.2, 0) is 27.1 Å². The summed E-state index contributed by atoms with van der Waals surface area (Å²) in [6.45, 7) is 0. The fraction of sp³-hybridized carbons (Fsp3) is 0.474. The fourth-order valence-corrected chi connectivity index (χ4v) is 3.78. The molecule has 1 fully saturated rings. The van der Waals surface area contributed by atoms with Crippen LogP contribution < -0.4 is 0 Å². The maximum absolute atomic E-state index is 12.4. The van der Waals surface area contributed by atoms with Gasteiger partial charge in [0, 0.05) is 11.1 Å². The number of esters is 1. The number of carbonyl (C=O) groups excluding carboxylic acids is 2. The molecule has 24 heavy (non-hydrogen) atoms. The molecule has 128 valence electrons. The predicted molar refractivity (Wildman–Crippen MR) is 91.1 cm³/mol. The zero-order valence-corrected chi connectivity index (χ0v) is 14.2. The molecule has 0 amide bonds. The lowest BCUT2D eigenvalue weighted by atomic mass is 9.97. The minimum Gasteiger partial charge on any atom is -0.469 e. The van der Waals surface area contributed by atoms with E-state index >= 15 is 0 Å². The summed E-state index contributed by atoms with van der Waals surface area (Å²) < 4.78 is 11.5.